The molecule has 0 saturated carbocycles. The van der Waals surface area contributed by atoms with Crippen LogP contribution in [0, 0.1) is 0 Å². The molecule has 2 amide bonds. The van der Waals surface area contributed by atoms with Crippen molar-refractivity contribution in [3.05, 3.63) is 47.2 Å². The summed E-state index contributed by atoms with van der Waals surface area (Å²) in [6, 6.07) is 2.13. The molecule has 2 heterocycles. The number of fused-ring (bicyclic) bond motifs is 2. The number of aromatic hydroxyl groups is 1. The average Bonchev–Trinajstić information content (AvgIpc) is 2.94. The van der Waals surface area contributed by atoms with Crippen molar-refractivity contribution in [2.75, 3.05) is 5.32 Å². The maximum Gasteiger partial charge on any atom is 0.260 e. The van der Waals surface area contributed by atoms with Crippen molar-refractivity contribution in [3.8, 4) is 5.75 Å². The summed E-state index contributed by atoms with van der Waals surface area (Å²) in [7, 11) is 0. The molecule has 0 saturated heterocycles. The molecule has 8 nitrogen and oxygen atoms in total. The van der Waals surface area contributed by atoms with E-state index in [1.165, 1.54) is 35.4 Å². The van der Waals surface area contributed by atoms with E-state index in [9.17, 15) is 24.6 Å². The number of rotatable bonds is 3. The first kappa shape index (κ1) is 15.8. The number of anilines is 1. The number of aldehydes is 1. The molecule has 0 bridgehead atoms. The van der Waals surface area contributed by atoms with Crippen molar-refractivity contribution in [2.45, 2.75) is 18.7 Å². The van der Waals surface area contributed by atoms with Gasteiger partial charge in [0, 0.05) is 12.3 Å². The van der Waals surface area contributed by atoms with Crippen molar-refractivity contribution in [1.82, 2.24) is 4.90 Å². The van der Waals surface area contributed by atoms with Crippen LogP contribution < -0.4 is 11.1 Å². The molecule has 0 spiro atoms. The lowest BCUT2D eigenvalue weighted by molar-refractivity contribution is -0.113. The molecule has 1 aromatic rings. The maximum atomic E-state index is 12.7. The zero-order valence-electron chi connectivity index (χ0n) is 12.5. The molecule has 0 radical (unpaired) electrons. The van der Waals surface area contributed by atoms with Gasteiger partial charge in [-0.15, -0.1) is 0 Å². The molecule has 0 aliphatic carbocycles. The van der Waals surface area contributed by atoms with Crippen LogP contribution in [-0.4, -0.2) is 45.5 Å². The second-order valence-electron chi connectivity index (χ2n) is 5.56. The third-order valence-electron chi connectivity index (χ3n) is 4.03. The number of nitrogens with one attached hydrogen (secondary N) is 1. The number of carbonyl (C=O) groups is 3. The molecule has 5 N–H and O–H groups in total. The van der Waals surface area contributed by atoms with Crippen molar-refractivity contribution in [1.29, 1.82) is 0 Å². The van der Waals surface area contributed by atoms with Crippen LogP contribution in [0.25, 0.3) is 0 Å². The summed E-state index contributed by atoms with van der Waals surface area (Å²) in [5.74, 6) is -1.43. The summed E-state index contributed by atoms with van der Waals surface area (Å²) in [6.07, 6.45) is 3.80. The second kappa shape index (κ2) is 5.82. The third-order valence-corrected chi connectivity index (χ3v) is 4.03. The van der Waals surface area contributed by atoms with Crippen molar-refractivity contribution in [2.24, 2.45) is 5.73 Å². The number of allylic oxidation sites excluding steroid dienone is 1. The number of nitrogens with two attached hydrogens (primary N) is 1. The van der Waals surface area contributed by atoms with Crippen LogP contribution in [0.3, 0.4) is 0 Å². The Kier molecular flexibility index (Phi) is 3.82. The van der Waals surface area contributed by atoms with E-state index in [1.807, 2.05) is 0 Å². The quantitative estimate of drug-likeness (QED) is 0.353. The van der Waals surface area contributed by atoms with Crippen LogP contribution in [0.4, 0.5) is 5.69 Å². The van der Waals surface area contributed by atoms with Crippen molar-refractivity contribution >= 4 is 23.8 Å². The number of nitrogens with zero attached hydrogens (tertiary/aromatic N) is 1. The van der Waals surface area contributed by atoms with E-state index >= 15 is 0 Å². The molecule has 0 fully saturated rings. The first-order valence-electron chi connectivity index (χ1n) is 7.19. The van der Waals surface area contributed by atoms with E-state index in [-0.39, 0.29) is 22.6 Å². The fourth-order valence-electron chi connectivity index (χ4n) is 2.85. The molecule has 1 aromatic carbocycles. The Morgan fingerprint density at radius 1 is 1.42 bits per heavy atom. The number of primary amides is 1. The van der Waals surface area contributed by atoms with Gasteiger partial charge in [0.25, 0.3) is 5.91 Å². The van der Waals surface area contributed by atoms with Crippen LogP contribution in [0.1, 0.15) is 27.1 Å². The predicted molar refractivity (Wildman–Crippen MR) is 84.1 cm³/mol. The number of aliphatic hydroxyl groups excluding tert-OH is 1. The van der Waals surface area contributed by atoms with Gasteiger partial charge in [0.1, 0.15) is 12.0 Å². The van der Waals surface area contributed by atoms with E-state index < -0.39 is 24.1 Å². The van der Waals surface area contributed by atoms with Crippen LogP contribution in [0.2, 0.25) is 0 Å². The van der Waals surface area contributed by atoms with Gasteiger partial charge >= 0.3 is 0 Å². The molecular formula is C16H15N3O5. The van der Waals surface area contributed by atoms with Crippen LogP contribution in [0.15, 0.2) is 36.1 Å². The van der Waals surface area contributed by atoms with Gasteiger partial charge in [-0.2, -0.15) is 0 Å². The van der Waals surface area contributed by atoms with Gasteiger partial charge in [-0.25, -0.2) is 0 Å². The number of phenols is 1. The number of amides is 2. The van der Waals surface area contributed by atoms with Gasteiger partial charge in [0.2, 0.25) is 5.91 Å². The third kappa shape index (κ3) is 2.52. The van der Waals surface area contributed by atoms with Crippen molar-refractivity contribution in [3.63, 3.8) is 0 Å². The molecule has 2 aliphatic rings. The normalized spacial score (nSPS) is 22.5. The number of hydrogen-bond donors (Lipinski definition) is 4. The number of phenolic OH excluding ortho intramolecular Hbond substituents is 1. The molecule has 0 aromatic heterocycles. The Labute approximate surface area is 136 Å². The molecular weight excluding hydrogens is 314 g/mol. The van der Waals surface area contributed by atoms with Gasteiger partial charge in [-0.1, -0.05) is 6.08 Å². The van der Waals surface area contributed by atoms with Crippen LogP contribution >= 0.6 is 0 Å². The predicted octanol–water partition coefficient (Wildman–Crippen LogP) is 0.0885. The van der Waals surface area contributed by atoms with E-state index in [0.29, 0.717) is 18.3 Å². The monoisotopic (exact) mass is 329 g/mol. The Balaban J connectivity index is 2.02. The minimum atomic E-state index is -1.17. The Morgan fingerprint density at radius 2 is 2.17 bits per heavy atom. The topological polar surface area (TPSA) is 133 Å². The Morgan fingerprint density at radius 3 is 2.83 bits per heavy atom. The zero-order chi connectivity index (χ0) is 17.4. The summed E-state index contributed by atoms with van der Waals surface area (Å²) in [4.78, 5) is 35.8. The van der Waals surface area contributed by atoms with Gasteiger partial charge in [0.15, 0.2) is 6.29 Å². The highest BCUT2D eigenvalue weighted by atomic mass is 16.3. The standard InChI is InChI=1S/C16H15N3O5/c17-12(21)4-1-8-5-11-15(23)18-13-10(16(24)19(11)6-8)3-2-9(7-20)14(13)22/h1-4,6-7,11,15,18,22-23H,5H2,(H2,17,21)/b4-1+/t11?,15-/m0/s1. The Hall–Kier alpha value is -3.13. The fourth-order valence-corrected chi connectivity index (χ4v) is 2.85. The highest BCUT2D eigenvalue weighted by Gasteiger charge is 2.39. The molecule has 2 atom stereocenters. The summed E-state index contributed by atoms with van der Waals surface area (Å²) < 4.78 is 0. The fraction of sp³-hybridized carbons (Fsp3) is 0.188. The minimum absolute atomic E-state index is 0.0175. The minimum Gasteiger partial charge on any atom is -0.505 e. The molecule has 24 heavy (non-hydrogen) atoms. The van der Waals surface area contributed by atoms with Gasteiger partial charge in [-0.3, -0.25) is 14.4 Å². The summed E-state index contributed by atoms with van der Waals surface area (Å²) in [5, 5.41) is 23.1. The van der Waals surface area contributed by atoms with Gasteiger partial charge in [0.05, 0.1) is 22.9 Å². The largest absolute Gasteiger partial charge is 0.505 e. The molecule has 8 heteroatoms. The lowest BCUT2D eigenvalue weighted by Crippen LogP contribution is -2.42. The number of aliphatic hydroxyl groups is 1. The maximum absolute atomic E-state index is 12.7. The summed E-state index contributed by atoms with van der Waals surface area (Å²) in [5.41, 5.74) is 5.89. The zero-order valence-corrected chi connectivity index (χ0v) is 12.5. The number of carbonyl (C=O) groups excluding carboxylic acids is 3. The van der Waals surface area contributed by atoms with E-state index in [2.05, 4.69) is 5.32 Å². The second-order valence-corrected chi connectivity index (χ2v) is 5.56. The van der Waals surface area contributed by atoms with Gasteiger partial charge < -0.3 is 26.2 Å². The van der Waals surface area contributed by atoms with Crippen LogP contribution in [-0.2, 0) is 4.79 Å². The summed E-state index contributed by atoms with van der Waals surface area (Å²) >= 11 is 0. The summed E-state index contributed by atoms with van der Waals surface area (Å²) in [6.45, 7) is 0. The molecule has 124 valence electrons. The number of benzene rings is 1. The van der Waals surface area contributed by atoms with Crippen molar-refractivity contribution < 1.29 is 24.6 Å². The Bertz CT molecular complexity index is 799. The van der Waals surface area contributed by atoms with E-state index in [4.69, 9.17) is 5.73 Å². The number of hydrogen-bond acceptors (Lipinski definition) is 6. The van der Waals surface area contributed by atoms with E-state index in [0.717, 1.165) is 0 Å². The average molecular weight is 329 g/mol. The first-order chi connectivity index (χ1) is 11.4. The first-order valence-corrected chi connectivity index (χ1v) is 7.19. The highest BCUT2D eigenvalue weighted by molar-refractivity contribution is 6.04. The highest BCUT2D eigenvalue weighted by Crippen LogP contribution is 2.38. The lowest BCUT2D eigenvalue weighted by atomic mass is 10.1. The van der Waals surface area contributed by atoms with E-state index in [1.54, 1.807) is 0 Å². The SMILES string of the molecule is NC(=O)/C=C/C1=CN2C(=O)c3ccc(C=O)c(O)c3N[C@@H](O)C2C1. The molecule has 1 unspecified atom stereocenters. The van der Waals surface area contributed by atoms with Crippen LogP contribution in [0.5, 0.6) is 5.75 Å². The lowest BCUT2D eigenvalue weighted by Gasteiger charge is -2.24. The molecule has 2 aliphatic heterocycles. The molecule has 3 rings (SSSR count). The van der Waals surface area contributed by atoms with Gasteiger partial charge in [-0.05, 0) is 24.1 Å². The smallest absolute Gasteiger partial charge is 0.260 e.